The van der Waals surface area contributed by atoms with E-state index in [2.05, 4.69) is 53.5 Å². The highest BCUT2D eigenvalue weighted by Crippen LogP contribution is 2.30. The summed E-state index contributed by atoms with van der Waals surface area (Å²) < 4.78 is 1.26. The number of nitrogens with one attached hydrogen (secondary N) is 1. The van der Waals surface area contributed by atoms with Crippen LogP contribution in [-0.4, -0.2) is 13.1 Å². The quantitative estimate of drug-likeness (QED) is 0.865. The van der Waals surface area contributed by atoms with Crippen molar-refractivity contribution in [2.24, 2.45) is 5.41 Å². The van der Waals surface area contributed by atoms with Crippen molar-refractivity contribution in [3.63, 3.8) is 0 Å². The fourth-order valence-corrected chi connectivity index (χ4v) is 3.16. The van der Waals surface area contributed by atoms with Crippen LogP contribution < -0.4 is 5.32 Å². The van der Waals surface area contributed by atoms with Crippen molar-refractivity contribution in [1.29, 1.82) is 0 Å². The molecule has 1 aromatic heterocycles. The number of halogens is 1. The summed E-state index contributed by atoms with van der Waals surface area (Å²) >= 11 is 5.41. The first-order valence-electron chi connectivity index (χ1n) is 4.98. The van der Waals surface area contributed by atoms with Gasteiger partial charge >= 0.3 is 0 Å². The molecule has 0 radical (unpaired) electrons. The van der Waals surface area contributed by atoms with Crippen LogP contribution in [-0.2, 0) is 6.42 Å². The molecule has 0 fully saturated rings. The summed E-state index contributed by atoms with van der Waals surface area (Å²) in [4.78, 5) is 1.45. The zero-order valence-electron chi connectivity index (χ0n) is 9.06. The zero-order valence-corrected chi connectivity index (χ0v) is 11.5. The lowest BCUT2D eigenvalue weighted by atomic mass is 9.88. The summed E-state index contributed by atoms with van der Waals surface area (Å²) in [6.45, 7) is 8.89. The standard InChI is InChI=1S/C11H18BrNS/c1-4-13-8-11(2,3)7-10-9(12)5-6-14-10/h5-6,13H,4,7-8H2,1-3H3. The molecule has 0 aromatic carbocycles. The highest BCUT2D eigenvalue weighted by molar-refractivity contribution is 9.10. The molecule has 0 saturated heterocycles. The number of thiophene rings is 1. The molecule has 0 unspecified atom stereocenters. The van der Waals surface area contributed by atoms with Gasteiger partial charge in [0.05, 0.1) is 0 Å². The molecule has 0 aliphatic rings. The van der Waals surface area contributed by atoms with E-state index >= 15 is 0 Å². The van der Waals surface area contributed by atoms with Gasteiger partial charge in [-0.3, -0.25) is 0 Å². The van der Waals surface area contributed by atoms with Gasteiger partial charge in [0.1, 0.15) is 0 Å². The molecule has 0 atom stereocenters. The third-order valence-corrected chi connectivity index (χ3v) is 4.11. The van der Waals surface area contributed by atoms with Gasteiger partial charge in [0.15, 0.2) is 0 Å². The SMILES string of the molecule is CCNCC(C)(C)Cc1sccc1Br. The van der Waals surface area contributed by atoms with Crippen molar-refractivity contribution in [2.45, 2.75) is 27.2 Å². The van der Waals surface area contributed by atoms with Gasteiger partial charge in [-0.05, 0) is 45.8 Å². The Labute approximate surface area is 99.0 Å². The molecule has 0 aliphatic heterocycles. The first-order valence-corrected chi connectivity index (χ1v) is 6.65. The molecule has 3 heteroatoms. The van der Waals surface area contributed by atoms with Gasteiger partial charge in [-0.1, -0.05) is 20.8 Å². The van der Waals surface area contributed by atoms with Crippen LogP contribution in [0.2, 0.25) is 0 Å². The molecule has 0 aliphatic carbocycles. The van der Waals surface area contributed by atoms with Crippen LogP contribution in [0.1, 0.15) is 25.6 Å². The van der Waals surface area contributed by atoms with E-state index in [9.17, 15) is 0 Å². The molecule has 1 N–H and O–H groups in total. The van der Waals surface area contributed by atoms with E-state index in [1.165, 1.54) is 9.35 Å². The van der Waals surface area contributed by atoms with E-state index < -0.39 is 0 Å². The van der Waals surface area contributed by atoms with Gasteiger partial charge in [-0.2, -0.15) is 0 Å². The summed E-state index contributed by atoms with van der Waals surface area (Å²) in [7, 11) is 0. The Kier molecular flexibility index (Phi) is 4.61. The van der Waals surface area contributed by atoms with Crippen LogP contribution in [0.25, 0.3) is 0 Å². The van der Waals surface area contributed by atoms with E-state index in [4.69, 9.17) is 0 Å². The third-order valence-electron chi connectivity index (χ3n) is 2.18. The molecule has 14 heavy (non-hydrogen) atoms. The molecule has 0 spiro atoms. The number of hydrogen-bond acceptors (Lipinski definition) is 2. The summed E-state index contributed by atoms with van der Waals surface area (Å²) in [5.41, 5.74) is 0.337. The van der Waals surface area contributed by atoms with Crippen molar-refractivity contribution in [3.05, 3.63) is 20.8 Å². The first kappa shape index (κ1) is 12.2. The van der Waals surface area contributed by atoms with Gasteiger partial charge < -0.3 is 5.32 Å². The van der Waals surface area contributed by atoms with Crippen molar-refractivity contribution >= 4 is 27.3 Å². The fraction of sp³-hybridized carbons (Fsp3) is 0.636. The van der Waals surface area contributed by atoms with Crippen LogP contribution >= 0.6 is 27.3 Å². The predicted octanol–water partition coefficient (Wildman–Crippen LogP) is 3.69. The van der Waals surface area contributed by atoms with E-state index in [1.54, 1.807) is 0 Å². The third kappa shape index (κ3) is 3.71. The number of hydrogen-bond donors (Lipinski definition) is 1. The summed E-state index contributed by atoms with van der Waals surface area (Å²) in [6.07, 6.45) is 1.14. The second kappa shape index (κ2) is 5.29. The van der Waals surface area contributed by atoms with E-state index in [0.717, 1.165) is 19.5 Å². The summed E-state index contributed by atoms with van der Waals surface area (Å²) in [5, 5.41) is 5.55. The fourth-order valence-electron chi connectivity index (χ4n) is 1.41. The first-order chi connectivity index (χ1) is 6.55. The lowest BCUT2D eigenvalue weighted by Gasteiger charge is -2.24. The van der Waals surface area contributed by atoms with Crippen molar-refractivity contribution in [2.75, 3.05) is 13.1 Å². The van der Waals surface area contributed by atoms with Gasteiger partial charge in [-0.25, -0.2) is 0 Å². The molecule has 80 valence electrons. The van der Waals surface area contributed by atoms with Gasteiger partial charge in [0.2, 0.25) is 0 Å². The molecule has 1 nitrogen and oxygen atoms in total. The highest BCUT2D eigenvalue weighted by atomic mass is 79.9. The normalized spacial score (nSPS) is 12.0. The lowest BCUT2D eigenvalue weighted by Crippen LogP contribution is -2.30. The Balaban J connectivity index is 2.54. The minimum Gasteiger partial charge on any atom is -0.316 e. The molecule has 0 amide bonds. The molecule has 0 saturated carbocycles. The van der Waals surface area contributed by atoms with Gasteiger partial charge in [0, 0.05) is 15.9 Å². The van der Waals surface area contributed by atoms with E-state index in [-0.39, 0.29) is 0 Å². The Bertz CT molecular complexity index is 281. The van der Waals surface area contributed by atoms with Crippen LogP contribution in [0.4, 0.5) is 0 Å². The van der Waals surface area contributed by atoms with Crippen LogP contribution in [0.15, 0.2) is 15.9 Å². The van der Waals surface area contributed by atoms with E-state index in [1.807, 2.05) is 11.3 Å². The average molecular weight is 276 g/mol. The average Bonchev–Trinajstić information content (AvgIpc) is 2.48. The second-order valence-electron chi connectivity index (χ2n) is 4.31. The maximum Gasteiger partial charge on any atom is 0.0314 e. The van der Waals surface area contributed by atoms with Crippen LogP contribution in [0, 0.1) is 5.41 Å². The highest BCUT2D eigenvalue weighted by Gasteiger charge is 2.19. The predicted molar refractivity (Wildman–Crippen MR) is 68.0 cm³/mol. The molecule has 1 heterocycles. The van der Waals surface area contributed by atoms with Crippen molar-refractivity contribution in [3.8, 4) is 0 Å². The minimum absolute atomic E-state index is 0.337. The Morgan fingerprint density at radius 1 is 1.50 bits per heavy atom. The van der Waals surface area contributed by atoms with Crippen LogP contribution in [0.3, 0.4) is 0 Å². The number of rotatable bonds is 5. The molecular weight excluding hydrogens is 258 g/mol. The van der Waals surface area contributed by atoms with Gasteiger partial charge in [0.25, 0.3) is 0 Å². The molecular formula is C11H18BrNS. The summed E-state index contributed by atoms with van der Waals surface area (Å²) in [6, 6.07) is 2.13. The minimum atomic E-state index is 0.337. The maximum absolute atomic E-state index is 3.58. The van der Waals surface area contributed by atoms with Crippen LogP contribution in [0.5, 0.6) is 0 Å². The van der Waals surface area contributed by atoms with E-state index in [0.29, 0.717) is 5.41 Å². The summed E-state index contributed by atoms with van der Waals surface area (Å²) in [5.74, 6) is 0. The smallest absolute Gasteiger partial charge is 0.0314 e. The molecule has 0 bridgehead atoms. The Morgan fingerprint density at radius 2 is 2.21 bits per heavy atom. The van der Waals surface area contributed by atoms with Crippen molar-refractivity contribution < 1.29 is 0 Å². The Hall–Kier alpha value is 0.140. The monoisotopic (exact) mass is 275 g/mol. The van der Waals surface area contributed by atoms with Gasteiger partial charge in [-0.15, -0.1) is 11.3 Å². The van der Waals surface area contributed by atoms with Crippen molar-refractivity contribution in [1.82, 2.24) is 5.32 Å². The maximum atomic E-state index is 3.58. The topological polar surface area (TPSA) is 12.0 Å². The lowest BCUT2D eigenvalue weighted by molar-refractivity contribution is 0.344. The zero-order chi connectivity index (χ0) is 10.6. The Morgan fingerprint density at radius 3 is 2.71 bits per heavy atom. The molecule has 1 aromatic rings. The second-order valence-corrected chi connectivity index (χ2v) is 6.17. The molecule has 1 rings (SSSR count). The largest absolute Gasteiger partial charge is 0.316 e.